The number of thioether (sulfide) groups is 1. The first-order valence-electron chi connectivity index (χ1n) is 10.7. The molecule has 1 amide bonds. The molecule has 2 aromatic carbocycles. The van der Waals surface area contributed by atoms with E-state index in [1.807, 2.05) is 19.1 Å². The Bertz CT molecular complexity index is 1250. The number of fused-ring (bicyclic) bond motifs is 1. The average Bonchev–Trinajstić information content (AvgIpc) is 3.14. The Kier molecular flexibility index (Phi) is 6.83. The summed E-state index contributed by atoms with van der Waals surface area (Å²) < 4.78 is 28.5. The number of imidazole rings is 1. The molecule has 9 heteroatoms. The van der Waals surface area contributed by atoms with Crippen molar-refractivity contribution in [3.05, 3.63) is 53.1 Å². The van der Waals surface area contributed by atoms with Gasteiger partial charge in [-0.3, -0.25) is 4.79 Å². The fourth-order valence-corrected chi connectivity index (χ4v) is 7.45. The maximum absolute atomic E-state index is 13.6. The van der Waals surface area contributed by atoms with Crippen molar-refractivity contribution >= 4 is 56.0 Å². The highest BCUT2D eigenvalue weighted by molar-refractivity contribution is 8.01. The van der Waals surface area contributed by atoms with E-state index in [1.54, 1.807) is 37.3 Å². The number of carbonyl (C=O) groups excluding carboxylic acids is 1. The van der Waals surface area contributed by atoms with Crippen LogP contribution in [-0.4, -0.2) is 33.8 Å². The summed E-state index contributed by atoms with van der Waals surface area (Å²) >= 11 is 7.39. The summed E-state index contributed by atoms with van der Waals surface area (Å²) in [6.45, 7) is 3.66. The largest absolute Gasteiger partial charge is 0.324 e. The van der Waals surface area contributed by atoms with Crippen LogP contribution in [0.3, 0.4) is 0 Å². The molecule has 3 aromatic rings. The summed E-state index contributed by atoms with van der Waals surface area (Å²) in [5, 5.41) is 2.60. The van der Waals surface area contributed by atoms with Crippen molar-refractivity contribution in [3.63, 3.8) is 0 Å². The summed E-state index contributed by atoms with van der Waals surface area (Å²) in [5.74, 6) is -0.269. The molecule has 0 radical (unpaired) electrons. The monoisotopic (exact) mass is 491 g/mol. The Labute approximate surface area is 197 Å². The topological polar surface area (TPSA) is 81.1 Å². The van der Waals surface area contributed by atoms with E-state index in [0.717, 1.165) is 36.6 Å². The zero-order valence-corrected chi connectivity index (χ0v) is 20.4. The van der Waals surface area contributed by atoms with Crippen LogP contribution in [0.25, 0.3) is 11.0 Å². The van der Waals surface area contributed by atoms with Crippen molar-refractivity contribution < 1.29 is 13.2 Å². The van der Waals surface area contributed by atoms with Gasteiger partial charge < -0.3 is 5.32 Å². The molecule has 4 rings (SSSR count). The zero-order valence-electron chi connectivity index (χ0n) is 18.0. The number of aryl methyl sites for hydroxylation is 1. The molecule has 32 heavy (non-hydrogen) atoms. The lowest BCUT2D eigenvalue weighted by atomic mass is 10.0. The number of carbonyl (C=O) groups is 1. The highest BCUT2D eigenvalue weighted by Gasteiger charge is 2.33. The minimum Gasteiger partial charge on any atom is -0.324 e. The number of rotatable bonds is 6. The second-order valence-corrected chi connectivity index (χ2v) is 12.0. The maximum atomic E-state index is 13.6. The second-order valence-electron chi connectivity index (χ2n) is 8.19. The van der Waals surface area contributed by atoms with Crippen LogP contribution >= 0.6 is 23.4 Å². The molecule has 1 heterocycles. The molecule has 1 atom stereocenters. The molecule has 1 N–H and O–H groups in total. The first kappa shape index (κ1) is 23.1. The summed E-state index contributed by atoms with van der Waals surface area (Å²) in [7, 11) is -3.64. The van der Waals surface area contributed by atoms with Crippen molar-refractivity contribution in [1.29, 1.82) is 0 Å². The van der Waals surface area contributed by atoms with Crippen molar-refractivity contribution in [2.75, 3.05) is 5.32 Å². The third-order valence-electron chi connectivity index (χ3n) is 5.75. The molecule has 0 aliphatic heterocycles. The van der Waals surface area contributed by atoms with Gasteiger partial charge in [-0.2, -0.15) is 0 Å². The molecule has 6 nitrogen and oxygen atoms in total. The lowest BCUT2D eigenvalue weighted by Gasteiger charge is -2.23. The summed E-state index contributed by atoms with van der Waals surface area (Å²) in [5.41, 5.74) is 2.67. The van der Waals surface area contributed by atoms with Crippen molar-refractivity contribution in [2.24, 2.45) is 0 Å². The van der Waals surface area contributed by atoms with E-state index in [0.29, 0.717) is 39.7 Å². The van der Waals surface area contributed by atoms with Crippen LogP contribution in [0.5, 0.6) is 0 Å². The van der Waals surface area contributed by atoms with E-state index >= 15 is 0 Å². The molecule has 1 aromatic heterocycles. The van der Waals surface area contributed by atoms with Gasteiger partial charge in [0.05, 0.1) is 32.2 Å². The third kappa shape index (κ3) is 4.67. The number of hydrogen-bond acceptors (Lipinski definition) is 5. The number of nitrogens with zero attached hydrogens (tertiary/aromatic N) is 2. The summed E-state index contributed by atoms with van der Waals surface area (Å²) in [4.78, 5) is 17.4. The number of aromatic nitrogens is 2. The summed E-state index contributed by atoms with van der Waals surface area (Å²) in [6, 6.07) is 12.6. The number of anilines is 1. The Hall–Kier alpha value is -2.03. The quantitative estimate of drug-likeness (QED) is 0.452. The molecule has 0 saturated heterocycles. The molecule has 1 unspecified atom stereocenters. The normalized spacial score (nSPS) is 16.2. The van der Waals surface area contributed by atoms with Crippen LogP contribution < -0.4 is 5.32 Å². The zero-order chi connectivity index (χ0) is 22.9. The molecular weight excluding hydrogens is 466 g/mol. The van der Waals surface area contributed by atoms with Crippen LogP contribution in [0.4, 0.5) is 5.69 Å². The van der Waals surface area contributed by atoms with E-state index < -0.39 is 20.5 Å². The Morgan fingerprint density at radius 2 is 1.91 bits per heavy atom. The molecule has 0 spiro atoms. The smallest absolute Gasteiger partial charge is 0.244 e. The highest BCUT2D eigenvalue weighted by atomic mass is 35.5. The van der Waals surface area contributed by atoms with Gasteiger partial charge in [-0.1, -0.05) is 60.8 Å². The van der Waals surface area contributed by atoms with Crippen molar-refractivity contribution in [1.82, 2.24) is 8.96 Å². The number of hydrogen-bond donors (Lipinski definition) is 1. The fraction of sp³-hybridized carbons (Fsp3) is 0.391. The van der Waals surface area contributed by atoms with Gasteiger partial charge in [0.15, 0.2) is 5.16 Å². The number of halogens is 1. The maximum Gasteiger partial charge on any atom is 0.244 e. The number of nitrogens with one attached hydrogen (secondary N) is 1. The van der Waals surface area contributed by atoms with E-state index in [4.69, 9.17) is 11.6 Å². The predicted octanol–water partition coefficient (Wildman–Crippen LogP) is 5.63. The van der Waals surface area contributed by atoms with Gasteiger partial charge in [0, 0.05) is 0 Å². The SMILES string of the molecule is Cc1ccc(NC(=O)C(C)Sc2nc3ccccc3n2S(=O)(=O)C2CCCCC2)c(Cl)c1. The first-order valence-corrected chi connectivity index (χ1v) is 13.5. The van der Waals surface area contributed by atoms with Crippen LogP contribution in [0.15, 0.2) is 47.6 Å². The lowest BCUT2D eigenvalue weighted by molar-refractivity contribution is -0.115. The number of benzene rings is 2. The van der Waals surface area contributed by atoms with Crippen molar-refractivity contribution in [3.8, 4) is 0 Å². The Morgan fingerprint density at radius 1 is 1.19 bits per heavy atom. The fourth-order valence-electron chi connectivity index (χ4n) is 3.98. The first-order chi connectivity index (χ1) is 15.3. The number of para-hydroxylation sites is 2. The molecule has 170 valence electrons. The minimum atomic E-state index is -3.64. The molecular formula is C23H26ClN3O3S2. The standard InChI is InChI=1S/C23H26ClN3O3S2/c1-15-12-13-19(18(24)14-15)25-22(28)16(2)31-23-26-20-10-6-7-11-21(20)27(23)32(29,30)17-8-4-3-5-9-17/h6-7,10-14,16-17H,3-5,8-9H2,1-2H3,(H,25,28). The van der Waals surface area contributed by atoms with Crippen LogP contribution in [-0.2, 0) is 14.8 Å². The summed E-state index contributed by atoms with van der Waals surface area (Å²) in [6.07, 6.45) is 4.20. The van der Waals surface area contributed by atoms with Crippen molar-refractivity contribution in [2.45, 2.75) is 61.6 Å². The van der Waals surface area contributed by atoms with Gasteiger partial charge in [-0.25, -0.2) is 17.4 Å². The molecule has 0 bridgehead atoms. The van der Waals surface area contributed by atoms with E-state index in [-0.39, 0.29) is 5.91 Å². The molecule has 1 fully saturated rings. The van der Waals surface area contributed by atoms with Gasteiger partial charge in [-0.15, -0.1) is 0 Å². The van der Waals surface area contributed by atoms with Gasteiger partial charge in [0.1, 0.15) is 0 Å². The van der Waals surface area contributed by atoms with Crippen LogP contribution in [0, 0.1) is 6.92 Å². The van der Waals surface area contributed by atoms with E-state index in [9.17, 15) is 13.2 Å². The van der Waals surface area contributed by atoms with Gasteiger partial charge in [-0.05, 0) is 56.5 Å². The van der Waals surface area contributed by atoms with Crippen LogP contribution in [0.2, 0.25) is 5.02 Å². The third-order valence-corrected chi connectivity index (χ3v) is 9.43. The van der Waals surface area contributed by atoms with Gasteiger partial charge >= 0.3 is 0 Å². The number of amides is 1. The average molecular weight is 492 g/mol. The molecule has 1 aliphatic rings. The van der Waals surface area contributed by atoms with E-state index in [1.165, 1.54) is 3.97 Å². The highest BCUT2D eigenvalue weighted by Crippen LogP contribution is 2.34. The predicted molar refractivity (Wildman–Crippen MR) is 131 cm³/mol. The Balaban J connectivity index is 1.64. The Morgan fingerprint density at radius 3 is 2.62 bits per heavy atom. The molecule has 1 saturated carbocycles. The molecule has 1 aliphatic carbocycles. The second kappa shape index (κ2) is 9.45. The van der Waals surface area contributed by atoms with Gasteiger partial charge in [0.2, 0.25) is 15.9 Å². The lowest BCUT2D eigenvalue weighted by Crippen LogP contribution is -2.30. The van der Waals surface area contributed by atoms with Crippen LogP contribution in [0.1, 0.15) is 44.6 Å². The minimum absolute atomic E-state index is 0.269. The van der Waals surface area contributed by atoms with E-state index in [2.05, 4.69) is 10.3 Å². The van der Waals surface area contributed by atoms with Gasteiger partial charge in [0.25, 0.3) is 0 Å².